The van der Waals surface area contributed by atoms with E-state index in [0.717, 1.165) is 32.5 Å². The number of aliphatic hydroxyl groups excluding tert-OH is 2. The predicted octanol–water partition coefficient (Wildman–Crippen LogP) is 0.460. The fourth-order valence-electron chi connectivity index (χ4n) is 2.91. The Balaban J connectivity index is 1.83. The molecule has 0 aromatic carbocycles. The van der Waals surface area contributed by atoms with Crippen molar-refractivity contribution >= 4 is 0 Å². The molecule has 0 spiro atoms. The maximum atomic E-state index is 9.72. The molecule has 3 nitrogen and oxygen atoms in total. The van der Waals surface area contributed by atoms with Crippen molar-refractivity contribution < 1.29 is 10.2 Å². The van der Waals surface area contributed by atoms with Crippen molar-refractivity contribution in [2.45, 2.75) is 38.4 Å². The second kappa shape index (κ2) is 4.17. The molecule has 2 rings (SSSR count). The van der Waals surface area contributed by atoms with Gasteiger partial charge in [-0.1, -0.05) is 6.92 Å². The highest BCUT2D eigenvalue weighted by Crippen LogP contribution is 2.37. The van der Waals surface area contributed by atoms with Crippen LogP contribution in [0, 0.1) is 11.8 Å². The average molecular weight is 199 g/mol. The van der Waals surface area contributed by atoms with Crippen LogP contribution in [-0.4, -0.2) is 47.0 Å². The van der Waals surface area contributed by atoms with E-state index in [9.17, 15) is 10.2 Å². The zero-order valence-corrected chi connectivity index (χ0v) is 8.89. The molecule has 1 saturated heterocycles. The van der Waals surface area contributed by atoms with E-state index in [1.807, 2.05) is 6.92 Å². The summed E-state index contributed by atoms with van der Waals surface area (Å²) in [6.45, 7) is 4.87. The Hall–Kier alpha value is -0.120. The van der Waals surface area contributed by atoms with Gasteiger partial charge in [0.25, 0.3) is 0 Å². The van der Waals surface area contributed by atoms with E-state index >= 15 is 0 Å². The van der Waals surface area contributed by atoms with E-state index in [1.54, 1.807) is 0 Å². The summed E-state index contributed by atoms with van der Waals surface area (Å²) < 4.78 is 0. The lowest BCUT2D eigenvalue weighted by Crippen LogP contribution is -2.32. The number of nitrogens with zero attached hydrogens (tertiary/aromatic N) is 1. The topological polar surface area (TPSA) is 43.7 Å². The molecule has 0 aromatic heterocycles. The van der Waals surface area contributed by atoms with Gasteiger partial charge in [-0.25, -0.2) is 0 Å². The van der Waals surface area contributed by atoms with E-state index in [1.165, 1.54) is 6.42 Å². The first kappa shape index (κ1) is 10.4. The second-order valence-corrected chi connectivity index (χ2v) is 4.85. The van der Waals surface area contributed by atoms with Gasteiger partial charge >= 0.3 is 0 Å². The van der Waals surface area contributed by atoms with Crippen molar-refractivity contribution in [1.82, 2.24) is 4.90 Å². The fraction of sp³-hybridized carbons (Fsp3) is 1.00. The largest absolute Gasteiger partial charge is 0.393 e. The maximum Gasteiger partial charge on any atom is 0.0664 e. The molecule has 2 aliphatic rings. The Kier molecular flexibility index (Phi) is 3.10. The first-order valence-electron chi connectivity index (χ1n) is 5.79. The Bertz CT molecular complexity index is 198. The van der Waals surface area contributed by atoms with Gasteiger partial charge in [0.1, 0.15) is 0 Å². The van der Waals surface area contributed by atoms with Crippen molar-refractivity contribution in [1.29, 1.82) is 0 Å². The lowest BCUT2D eigenvalue weighted by atomic mass is 10.00. The minimum atomic E-state index is -0.189. The SMILES string of the molecule is CCC(O)CN1CC2CCC(O)C2C1. The molecule has 1 aliphatic heterocycles. The van der Waals surface area contributed by atoms with Crippen LogP contribution >= 0.6 is 0 Å². The summed E-state index contributed by atoms with van der Waals surface area (Å²) >= 11 is 0. The maximum absolute atomic E-state index is 9.72. The lowest BCUT2D eigenvalue weighted by molar-refractivity contribution is 0.0990. The molecule has 0 bridgehead atoms. The van der Waals surface area contributed by atoms with Crippen molar-refractivity contribution in [3.8, 4) is 0 Å². The minimum absolute atomic E-state index is 0.0798. The third-order valence-corrected chi connectivity index (χ3v) is 3.83. The summed E-state index contributed by atoms with van der Waals surface area (Å²) in [6, 6.07) is 0. The van der Waals surface area contributed by atoms with Gasteiger partial charge in [0, 0.05) is 25.6 Å². The molecule has 0 amide bonds. The standard InChI is InChI=1S/C11H21NO2/c1-2-9(13)6-12-5-8-3-4-11(14)10(8)7-12/h8-11,13-14H,2-7H2,1H3. The number of rotatable bonds is 3. The van der Waals surface area contributed by atoms with Crippen LogP contribution in [0.2, 0.25) is 0 Å². The van der Waals surface area contributed by atoms with Crippen LogP contribution in [0.25, 0.3) is 0 Å². The summed E-state index contributed by atoms with van der Waals surface area (Å²) in [5.74, 6) is 1.17. The number of fused-ring (bicyclic) bond motifs is 1. The second-order valence-electron chi connectivity index (χ2n) is 4.85. The van der Waals surface area contributed by atoms with Crippen LogP contribution in [0.4, 0.5) is 0 Å². The number of likely N-dealkylation sites (tertiary alicyclic amines) is 1. The van der Waals surface area contributed by atoms with E-state index in [-0.39, 0.29) is 12.2 Å². The Morgan fingerprint density at radius 3 is 2.79 bits per heavy atom. The lowest BCUT2D eigenvalue weighted by Gasteiger charge is -2.20. The minimum Gasteiger partial charge on any atom is -0.393 e. The van der Waals surface area contributed by atoms with Crippen molar-refractivity contribution in [2.24, 2.45) is 11.8 Å². The van der Waals surface area contributed by atoms with E-state index < -0.39 is 0 Å². The summed E-state index contributed by atoms with van der Waals surface area (Å²) in [6.07, 6.45) is 2.72. The molecular weight excluding hydrogens is 178 g/mol. The van der Waals surface area contributed by atoms with Crippen molar-refractivity contribution in [3.05, 3.63) is 0 Å². The zero-order chi connectivity index (χ0) is 10.1. The molecule has 4 unspecified atom stereocenters. The third-order valence-electron chi connectivity index (χ3n) is 3.83. The molecule has 4 atom stereocenters. The smallest absolute Gasteiger partial charge is 0.0664 e. The highest BCUT2D eigenvalue weighted by molar-refractivity contribution is 4.93. The molecule has 14 heavy (non-hydrogen) atoms. The molecule has 2 N–H and O–H groups in total. The van der Waals surface area contributed by atoms with E-state index in [2.05, 4.69) is 4.90 Å². The summed E-state index contributed by atoms with van der Waals surface area (Å²) in [5.41, 5.74) is 0. The number of β-amino-alcohol motifs (C(OH)–C–C–N with tert-alkyl or cyclic N) is 1. The Morgan fingerprint density at radius 2 is 2.14 bits per heavy atom. The third kappa shape index (κ3) is 1.95. The van der Waals surface area contributed by atoms with Crippen LogP contribution in [0.3, 0.4) is 0 Å². The summed E-state index contributed by atoms with van der Waals surface area (Å²) in [4.78, 5) is 2.31. The van der Waals surface area contributed by atoms with Gasteiger partial charge in [-0.05, 0) is 25.2 Å². The quantitative estimate of drug-likeness (QED) is 0.694. The number of aliphatic hydroxyl groups is 2. The van der Waals surface area contributed by atoms with Crippen molar-refractivity contribution in [3.63, 3.8) is 0 Å². The zero-order valence-electron chi connectivity index (χ0n) is 8.89. The van der Waals surface area contributed by atoms with Crippen molar-refractivity contribution in [2.75, 3.05) is 19.6 Å². The van der Waals surface area contributed by atoms with Crippen LogP contribution in [-0.2, 0) is 0 Å². The molecule has 2 fully saturated rings. The van der Waals surface area contributed by atoms with Crippen LogP contribution in [0.5, 0.6) is 0 Å². The first-order valence-corrected chi connectivity index (χ1v) is 5.79. The van der Waals surface area contributed by atoms with Gasteiger partial charge in [-0.2, -0.15) is 0 Å². The Labute approximate surface area is 85.7 Å². The van der Waals surface area contributed by atoms with E-state index in [0.29, 0.717) is 11.8 Å². The fourth-order valence-corrected chi connectivity index (χ4v) is 2.91. The van der Waals surface area contributed by atoms with Gasteiger partial charge in [-0.15, -0.1) is 0 Å². The highest BCUT2D eigenvalue weighted by atomic mass is 16.3. The molecule has 1 heterocycles. The van der Waals surface area contributed by atoms with Crippen LogP contribution < -0.4 is 0 Å². The predicted molar refractivity (Wildman–Crippen MR) is 55.0 cm³/mol. The van der Waals surface area contributed by atoms with Gasteiger partial charge in [0.15, 0.2) is 0 Å². The van der Waals surface area contributed by atoms with Gasteiger partial charge < -0.3 is 15.1 Å². The molecular formula is C11H21NO2. The average Bonchev–Trinajstić information content (AvgIpc) is 2.69. The van der Waals surface area contributed by atoms with Crippen LogP contribution in [0.1, 0.15) is 26.2 Å². The molecule has 0 aromatic rings. The molecule has 0 radical (unpaired) electrons. The van der Waals surface area contributed by atoms with Gasteiger partial charge in [0.2, 0.25) is 0 Å². The normalized spacial score (nSPS) is 40.1. The number of hydrogen-bond donors (Lipinski definition) is 2. The Morgan fingerprint density at radius 1 is 1.36 bits per heavy atom. The van der Waals surface area contributed by atoms with Crippen LogP contribution in [0.15, 0.2) is 0 Å². The monoisotopic (exact) mass is 199 g/mol. The van der Waals surface area contributed by atoms with E-state index in [4.69, 9.17) is 0 Å². The molecule has 1 saturated carbocycles. The summed E-state index contributed by atoms with van der Waals surface area (Å²) in [5, 5.41) is 19.3. The number of hydrogen-bond acceptors (Lipinski definition) is 3. The highest BCUT2D eigenvalue weighted by Gasteiger charge is 2.41. The van der Waals surface area contributed by atoms with Gasteiger partial charge in [-0.3, -0.25) is 0 Å². The molecule has 3 heteroatoms. The molecule has 82 valence electrons. The first-order chi connectivity index (χ1) is 6.70. The summed E-state index contributed by atoms with van der Waals surface area (Å²) in [7, 11) is 0. The van der Waals surface area contributed by atoms with Gasteiger partial charge in [0.05, 0.1) is 12.2 Å². The molecule has 1 aliphatic carbocycles.